The molecule has 0 radical (unpaired) electrons. The van der Waals surface area contributed by atoms with Crippen molar-refractivity contribution in [2.75, 3.05) is 19.6 Å². The van der Waals surface area contributed by atoms with Crippen LogP contribution < -0.4 is 5.32 Å². The van der Waals surface area contributed by atoms with Crippen molar-refractivity contribution >= 4 is 11.6 Å². The molecule has 0 saturated heterocycles. The number of nitrogens with one attached hydrogen (secondary N) is 1. The normalized spacial score (nSPS) is 14.9. The average Bonchev–Trinajstić information content (AvgIpc) is 3.50. The molecule has 0 aliphatic carbocycles. The Morgan fingerprint density at radius 3 is 2.76 bits per heavy atom. The summed E-state index contributed by atoms with van der Waals surface area (Å²) in [5.74, 6) is 0.895. The maximum Gasteiger partial charge on any atom is 0.271 e. The highest BCUT2D eigenvalue weighted by molar-refractivity contribution is 5.92. The van der Waals surface area contributed by atoms with Gasteiger partial charge in [-0.15, -0.1) is 0 Å². The lowest BCUT2D eigenvalue weighted by molar-refractivity contribution is 0.0838. The zero-order valence-electron chi connectivity index (χ0n) is 19.3. The lowest BCUT2D eigenvalue weighted by atomic mass is 10.00. The zero-order valence-corrected chi connectivity index (χ0v) is 19.3. The van der Waals surface area contributed by atoms with E-state index >= 15 is 0 Å². The van der Waals surface area contributed by atoms with Crippen molar-refractivity contribution in [2.45, 2.75) is 38.8 Å². The molecule has 34 heavy (non-hydrogen) atoms. The number of aromatic nitrogens is 4. The first-order chi connectivity index (χ1) is 16.5. The van der Waals surface area contributed by atoms with Gasteiger partial charge in [-0.25, -0.2) is 4.98 Å². The van der Waals surface area contributed by atoms with Crippen LogP contribution in [0, 0.1) is 0 Å². The predicted molar refractivity (Wildman–Crippen MR) is 126 cm³/mol. The van der Waals surface area contributed by atoms with Crippen LogP contribution in [0.1, 0.15) is 47.3 Å². The number of carbonyl (C=O) groups excluding carboxylic acids is 1. The molecule has 0 saturated carbocycles. The van der Waals surface area contributed by atoms with Gasteiger partial charge < -0.3 is 19.3 Å². The van der Waals surface area contributed by atoms with Crippen molar-refractivity contribution in [3.05, 3.63) is 71.5 Å². The number of rotatable bonds is 7. The number of amides is 1. The summed E-state index contributed by atoms with van der Waals surface area (Å²) in [5.41, 5.74) is 4.36. The quantitative estimate of drug-likeness (QED) is 0.436. The second-order valence-electron chi connectivity index (χ2n) is 9.04. The number of carbonyl (C=O) groups is 1. The van der Waals surface area contributed by atoms with Gasteiger partial charge in [-0.2, -0.15) is 4.98 Å². The molecular formula is C25H28N6O3. The van der Waals surface area contributed by atoms with Crippen molar-refractivity contribution in [2.24, 2.45) is 0 Å². The Morgan fingerprint density at radius 2 is 1.97 bits per heavy atom. The minimum atomic E-state index is -0.661. The Kier molecular flexibility index (Phi) is 6.12. The molecule has 0 spiro atoms. The Balaban J connectivity index is 1.19. The standard InChI is InChI=1S/C25H28N6O3/c1-16(2)25-28-23(29-34-25)19-7-8-22-27-21(15-31(22)13-19)24(33)26-11-20(32)14-30-10-9-17-5-3-4-6-18(17)12-30/h3-8,13,15-16,20,32H,9-12,14H2,1-2H3,(H,26,33). The molecule has 5 rings (SSSR count). The second kappa shape index (κ2) is 9.36. The van der Waals surface area contributed by atoms with Gasteiger partial charge in [0, 0.05) is 50.1 Å². The minimum Gasteiger partial charge on any atom is -0.390 e. The maximum absolute atomic E-state index is 12.7. The van der Waals surface area contributed by atoms with Crippen molar-refractivity contribution in [1.29, 1.82) is 0 Å². The minimum absolute atomic E-state index is 0.148. The molecular weight excluding hydrogens is 432 g/mol. The summed E-state index contributed by atoms with van der Waals surface area (Å²) in [5, 5.41) is 17.3. The second-order valence-corrected chi connectivity index (χ2v) is 9.04. The highest BCUT2D eigenvalue weighted by Gasteiger charge is 2.20. The van der Waals surface area contributed by atoms with E-state index in [4.69, 9.17) is 4.52 Å². The molecule has 1 aromatic carbocycles. The molecule has 0 bridgehead atoms. The fourth-order valence-corrected chi connectivity index (χ4v) is 4.19. The lowest BCUT2D eigenvalue weighted by Gasteiger charge is -2.30. The van der Waals surface area contributed by atoms with Gasteiger partial charge in [0.25, 0.3) is 5.91 Å². The number of β-amino-alcohol motifs (C(OH)–C–C–N with tert-alkyl or cyclic N) is 1. The van der Waals surface area contributed by atoms with Gasteiger partial charge in [-0.05, 0) is 29.7 Å². The van der Waals surface area contributed by atoms with Gasteiger partial charge >= 0.3 is 0 Å². The number of imidazole rings is 1. The maximum atomic E-state index is 12.7. The largest absolute Gasteiger partial charge is 0.390 e. The summed E-state index contributed by atoms with van der Waals surface area (Å²) in [6.45, 7) is 6.36. The van der Waals surface area contributed by atoms with Crippen molar-refractivity contribution in [3.8, 4) is 11.4 Å². The average molecular weight is 461 g/mol. The molecule has 3 aromatic heterocycles. The van der Waals surface area contributed by atoms with Crippen LogP contribution in [0.4, 0.5) is 0 Å². The Labute approximate surface area is 197 Å². The Bertz CT molecular complexity index is 1310. The van der Waals surface area contributed by atoms with Crippen LogP contribution in [0.15, 0.2) is 53.3 Å². The van der Waals surface area contributed by atoms with Gasteiger partial charge in [-0.3, -0.25) is 9.69 Å². The number of nitrogens with zero attached hydrogens (tertiary/aromatic N) is 5. The first-order valence-electron chi connectivity index (χ1n) is 11.5. The lowest BCUT2D eigenvalue weighted by Crippen LogP contribution is -2.42. The highest BCUT2D eigenvalue weighted by Crippen LogP contribution is 2.21. The van der Waals surface area contributed by atoms with Gasteiger partial charge in [0.15, 0.2) is 0 Å². The van der Waals surface area contributed by atoms with Crippen LogP contribution in [0.3, 0.4) is 0 Å². The van der Waals surface area contributed by atoms with Crippen LogP contribution >= 0.6 is 0 Å². The third-order valence-corrected chi connectivity index (χ3v) is 6.05. The molecule has 1 atom stereocenters. The fourth-order valence-electron chi connectivity index (χ4n) is 4.19. The first-order valence-corrected chi connectivity index (χ1v) is 11.5. The van der Waals surface area contributed by atoms with Crippen LogP contribution in [0.25, 0.3) is 17.0 Å². The van der Waals surface area contributed by atoms with Gasteiger partial charge in [0.2, 0.25) is 11.7 Å². The third kappa shape index (κ3) is 4.71. The summed E-state index contributed by atoms with van der Waals surface area (Å²) < 4.78 is 7.05. The monoisotopic (exact) mass is 460 g/mol. The zero-order chi connectivity index (χ0) is 23.7. The van der Waals surface area contributed by atoms with Crippen LogP contribution in [-0.4, -0.2) is 61.2 Å². The molecule has 1 amide bonds. The van der Waals surface area contributed by atoms with Crippen molar-refractivity contribution in [3.63, 3.8) is 0 Å². The number of aliphatic hydroxyl groups excluding tert-OH is 1. The van der Waals surface area contributed by atoms with E-state index in [1.165, 1.54) is 11.1 Å². The van der Waals surface area contributed by atoms with Crippen LogP contribution in [0.5, 0.6) is 0 Å². The number of aliphatic hydroxyl groups is 1. The Hall–Kier alpha value is -3.56. The number of benzene rings is 1. The Morgan fingerprint density at radius 1 is 1.15 bits per heavy atom. The molecule has 1 unspecified atom stereocenters. The van der Waals surface area contributed by atoms with E-state index in [0.29, 0.717) is 23.9 Å². The molecule has 176 valence electrons. The summed E-state index contributed by atoms with van der Waals surface area (Å²) in [6, 6.07) is 12.0. The molecule has 4 aromatic rings. The van der Waals surface area contributed by atoms with E-state index < -0.39 is 6.10 Å². The molecule has 9 nitrogen and oxygen atoms in total. The molecule has 1 aliphatic rings. The van der Waals surface area contributed by atoms with E-state index in [-0.39, 0.29) is 24.1 Å². The van der Waals surface area contributed by atoms with E-state index in [1.807, 2.05) is 32.2 Å². The van der Waals surface area contributed by atoms with E-state index in [2.05, 4.69) is 43.5 Å². The number of fused-ring (bicyclic) bond motifs is 2. The number of hydrogen-bond donors (Lipinski definition) is 2. The van der Waals surface area contributed by atoms with Crippen LogP contribution in [-0.2, 0) is 13.0 Å². The summed E-state index contributed by atoms with van der Waals surface area (Å²) in [4.78, 5) is 23.7. The number of hydrogen-bond acceptors (Lipinski definition) is 7. The van der Waals surface area contributed by atoms with Crippen molar-refractivity contribution < 1.29 is 14.4 Å². The smallest absolute Gasteiger partial charge is 0.271 e. The third-order valence-electron chi connectivity index (χ3n) is 6.05. The van der Waals surface area contributed by atoms with Crippen LogP contribution in [0.2, 0.25) is 0 Å². The predicted octanol–water partition coefficient (Wildman–Crippen LogP) is 2.66. The first kappa shape index (κ1) is 22.2. The fraction of sp³-hybridized carbons (Fsp3) is 0.360. The summed E-state index contributed by atoms with van der Waals surface area (Å²) in [7, 11) is 0. The molecule has 4 heterocycles. The topological polar surface area (TPSA) is 109 Å². The van der Waals surface area contributed by atoms with E-state index in [0.717, 1.165) is 25.1 Å². The molecule has 9 heteroatoms. The van der Waals surface area contributed by atoms with E-state index in [9.17, 15) is 9.90 Å². The van der Waals surface area contributed by atoms with Gasteiger partial charge in [-0.1, -0.05) is 43.3 Å². The molecule has 0 fully saturated rings. The van der Waals surface area contributed by atoms with Gasteiger partial charge in [0.05, 0.1) is 6.10 Å². The summed E-state index contributed by atoms with van der Waals surface area (Å²) >= 11 is 0. The van der Waals surface area contributed by atoms with E-state index in [1.54, 1.807) is 16.7 Å². The summed E-state index contributed by atoms with van der Waals surface area (Å²) in [6.07, 6.45) is 3.79. The van der Waals surface area contributed by atoms with Crippen molar-refractivity contribution in [1.82, 2.24) is 29.7 Å². The van der Waals surface area contributed by atoms with Gasteiger partial charge in [0.1, 0.15) is 11.3 Å². The SMILES string of the molecule is CC(C)c1nc(-c2ccc3nc(C(=O)NCC(O)CN4CCc5ccccc5C4)cn3c2)no1. The molecule has 1 aliphatic heterocycles. The number of pyridine rings is 1. The molecule has 2 N–H and O–H groups in total. The highest BCUT2D eigenvalue weighted by atomic mass is 16.5.